The summed E-state index contributed by atoms with van der Waals surface area (Å²) >= 11 is 3.42. The smallest absolute Gasteiger partial charge is 0.149 e. The number of halogens is 3. The molecule has 0 radical (unpaired) electrons. The van der Waals surface area contributed by atoms with Crippen molar-refractivity contribution in [2.75, 3.05) is 0 Å². The van der Waals surface area contributed by atoms with Gasteiger partial charge in [-0.05, 0) is 60.2 Å². The number of benzene rings is 3. The Bertz CT molecular complexity index is 1310. The number of aromatic nitrogens is 2. The van der Waals surface area contributed by atoms with Gasteiger partial charge < -0.3 is 9.72 Å². The van der Waals surface area contributed by atoms with E-state index in [1.165, 1.54) is 24.3 Å². The molecule has 30 heavy (non-hydrogen) atoms. The monoisotopic (exact) mass is 465 g/mol. The van der Waals surface area contributed by atoms with E-state index in [0.29, 0.717) is 33.7 Å². The molecule has 3 aromatic carbocycles. The molecule has 4 aromatic rings. The van der Waals surface area contributed by atoms with Gasteiger partial charge in [0.2, 0.25) is 0 Å². The van der Waals surface area contributed by atoms with Crippen LogP contribution >= 0.6 is 15.9 Å². The van der Waals surface area contributed by atoms with Crippen LogP contribution in [0.15, 0.2) is 65.1 Å². The SMILES string of the molecule is N#C/C(=C/c1cc(Br)ccc1OCc1cccc(F)c1)c1nc2ccc(F)cc2[nH]1. The Labute approximate surface area is 179 Å². The Hall–Kier alpha value is -3.50. The second kappa shape index (κ2) is 8.47. The number of hydrogen-bond acceptors (Lipinski definition) is 3. The summed E-state index contributed by atoms with van der Waals surface area (Å²) in [5.41, 5.74) is 2.66. The van der Waals surface area contributed by atoms with Crippen molar-refractivity contribution in [2.45, 2.75) is 6.61 Å². The van der Waals surface area contributed by atoms with E-state index in [2.05, 4.69) is 32.0 Å². The summed E-state index contributed by atoms with van der Waals surface area (Å²) in [5.74, 6) is 0.131. The van der Waals surface area contributed by atoms with Gasteiger partial charge in [0.05, 0.1) is 16.6 Å². The second-order valence-corrected chi connectivity index (χ2v) is 7.43. The maximum atomic E-state index is 13.5. The maximum Gasteiger partial charge on any atom is 0.149 e. The van der Waals surface area contributed by atoms with E-state index >= 15 is 0 Å². The number of H-pyrrole nitrogens is 1. The summed E-state index contributed by atoms with van der Waals surface area (Å²) in [6, 6.07) is 17.9. The third kappa shape index (κ3) is 4.39. The lowest BCUT2D eigenvalue weighted by atomic mass is 10.1. The number of nitriles is 1. The van der Waals surface area contributed by atoms with Crippen molar-refractivity contribution in [3.8, 4) is 11.8 Å². The number of imidazole rings is 1. The zero-order chi connectivity index (χ0) is 21.1. The fourth-order valence-corrected chi connectivity index (χ4v) is 3.35. The van der Waals surface area contributed by atoms with E-state index in [4.69, 9.17) is 4.74 Å². The predicted octanol–water partition coefficient (Wildman–Crippen LogP) is 6.25. The first kappa shape index (κ1) is 19.8. The van der Waals surface area contributed by atoms with Crippen molar-refractivity contribution >= 4 is 38.6 Å². The van der Waals surface area contributed by atoms with Crippen LogP contribution in [0.5, 0.6) is 5.75 Å². The van der Waals surface area contributed by atoms with Crippen LogP contribution in [0, 0.1) is 23.0 Å². The highest BCUT2D eigenvalue weighted by Crippen LogP contribution is 2.28. The minimum atomic E-state index is -0.389. The van der Waals surface area contributed by atoms with Gasteiger partial charge in [0.15, 0.2) is 0 Å². The first-order valence-electron chi connectivity index (χ1n) is 8.96. The molecular weight excluding hydrogens is 452 g/mol. The van der Waals surface area contributed by atoms with Crippen molar-refractivity contribution in [2.24, 2.45) is 0 Å². The fourth-order valence-electron chi connectivity index (χ4n) is 2.97. The number of nitrogens with zero attached hydrogens (tertiary/aromatic N) is 2. The molecule has 4 rings (SSSR count). The normalized spacial score (nSPS) is 11.5. The van der Waals surface area contributed by atoms with Gasteiger partial charge in [-0.2, -0.15) is 5.26 Å². The van der Waals surface area contributed by atoms with E-state index in [-0.39, 0.29) is 23.8 Å². The zero-order valence-electron chi connectivity index (χ0n) is 15.5. The minimum Gasteiger partial charge on any atom is -0.488 e. The van der Waals surface area contributed by atoms with Gasteiger partial charge in [-0.1, -0.05) is 28.1 Å². The average Bonchev–Trinajstić information content (AvgIpc) is 3.14. The van der Waals surface area contributed by atoms with E-state index in [1.54, 1.807) is 36.4 Å². The van der Waals surface area contributed by atoms with Crippen molar-refractivity contribution in [3.63, 3.8) is 0 Å². The Morgan fingerprint density at radius 2 is 1.93 bits per heavy atom. The summed E-state index contributed by atoms with van der Waals surface area (Å²) in [4.78, 5) is 7.34. The molecule has 0 fully saturated rings. The lowest BCUT2D eigenvalue weighted by Crippen LogP contribution is -1.98. The molecule has 0 atom stereocenters. The van der Waals surface area contributed by atoms with E-state index in [0.717, 1.165) is 4.47 Å². The lowest BCUT2D eigenvalue weighted by molar-refractivity contribution is 0.305. The minimum absolute atomic E-state index is 0.173. The van der Waals surface area contributed by atoms with Crippen LogP contribution in [-0.4, -0.2) is 9.97 Å². The van der Waals surface area contributed by atoms with Gasteiger partial charge in [-0.15, -0.1) is 0 Å². The molecule has 0 spiro atoms. The molecule has 0 aliphatic rings. The van der Waals surface area contributed by atoms with Crippen molar-refractivity contribution in [1.82, 2.24) is 9.97 Å². The number of ether oxygens (including phenoxy) is 1. The van der Waals surface area contributed by atoms with E-state index in [9.17, 15) is 14.0 Å². The molecule has 0 unspecified atom stereocenters. The highest BCUT2D eigenvalue weighted by Gasteiger charge is 2.11. The highest BCUT2D eigenvalue weighted by molar-refractivity contribution is 9.10. The maximum absolute atomic E-state index is 13.5. The second-order valence-electron chi connectivity index (χ2n) is 6.52. The van der Waals surface area contributed by atoms with Crippen molar-refractivity contribution in [1.29, 1.82) is 5.26 Å². The van der Waals surface area contributed by atoms with E-state index < -0.39 is 0 Å². The number of fused-ring (bicyclic) bond motifs is 1. The van der Waals surface area contributed by atoms with Crippen molar-refractivity contribution < 1.29 is 13.5 Å². The molecule has 0 saturated heterocycles. The molecule has 1 N–H and O–H groups in total. The standard InChI is InChI=1S/C23H14BrF2N3O/c24-17-4-7-22(30-13-14-2-1-3-18(25)8-14)15(10-17)9-16(12-27)23-28-20-6-5-19(26)11-21(20)29-23/h1-11H,13H2,(H,28,29)/b16-9-. The quantitative estimate of drug-likeness (QED) is 0.354. The highest BCUT2D eigenvalue weighted by atomic mass is 79.9. The summed E-state index contributed by atoms with van der Waals surface area (Å²) in [6.07, 6.45) is 1.64. The van der Waals surface area contributed by atoms with Crippen LogP contribution in [0.1, 0.15) is 17.0 Å². The molecule has 0 amide bonds. The lowest BCUT2D eigenvalue weighted by Gasteiger charge is -2.10. The van der Waals surface area contributed by atoms with Crippen LogP contribution in [0.4, 0.5) is 8.78 Å². The van der Waals surface area contributed by atoms with Gasteiger partial charge in [-0.3, -0.25) is 0 Å². The fraction of sp³-hybridized carbons (Fsp3) is 0.0435. The van der Waals surface area contributed by atoms with Gasteiger partial charge in [0.25, 0.3) is 0 Å². The number of aromatic amines is 1. The summed E-state index contributed by atoms with van der Waals surface area (Å²) in [7, 11) is 0. The molecular formula is C23H14BrF2N3O. The molecule has 7 heteroatoms. The molecule has 0 aliphatic heterocycles. The number of nitrogens with one attached hydrogen (secondary N) is 1. The third-order valence-corrected chi connectivity index (χ3v) is 4.87. The number of rotatable bonds is 5. The van der Waals surface area contributed by atoms with Gasteiger partial charge in [-0.25, -0.2) is 13.8 Å². The predicted molar refractivity (Wildman–Crippen MR) is 114 cm³/mol. The Morgan fingerprint density at radius 1 is 1.10 bits per heavy atom. The third-order valence-electron chi connectivity index (χ3n) is 4.37. The number of hydrogen-bond donors (Lipinski definition) is 1. The van der Waals surface area contributed by atoms with Crippen LogP contribution in [0.3, 0.4) is 0 Å². The Morgan fingerprint density at radius 3 is 2.73 bits per heavy atom. The first-order valence-corrected chi connectivity index (χ1v) is 9.75. The van der Waals surface area contributed by atoms with Gasteiger partial charge in [0.1, 0.15) is 35.9 Å². The summed E-state index contributed by atoms with van der Waals surface area (Å²) < 4.78 is 33.5. The molecule has 0 bridgehead atoms. The molecule has 4 nitrogen and oxygen atoms in total. The van der Waals surface area contributed by atoms with Crippen LogP contribution in [0.25, 0.3) is 22.7 Å². The van der Waals surface area contributed by atoms with E-state index in [1.807, 2.05) is 6.07 Å². The van der Waals surface area contributed by atoms with Gasteiger partial charge in [0, 0.05) is 10.0 Å². The van der Waals surface area contributed by atoms with Crippen LogP contribution in [-0.2, 0) is 6.61 Å². The zero-order valence-corrected chi connectivity index (χ0v) is 17.1. The molecule has 0 saturated carbocycles. The summed E-state index contributed by atoms with van der Waals surface area (Å²) in [5, 5.41) is 9.67. The average molecular weight is 466 g/mol. The van der Waals surface area contributed by atoms with Crippen molar-refractivity contribution in [3.05, 3.63) is 93.7 Å². The first-order chi connectivity index (χ1) is 14.5. The Kier molecular flexibility index (Phi) is 5.59. The topological polar surface area (TPSA) is 61.7 Å². The Balaban J connectivity index is 1.68. The summed E-state index contributed by atoms with van der Waals surface area (Å²) in [6.45, 7) is 0.173. The molecule has 1 aromatic heterocycles. The van der Waals surface area contributed by atoms with Crippen LogP contribution in [0.2, 0.25) is 0 Å². The largest absolute Gasteiger partial charge is 0.488 e. The van der Waals surface area contributed by atoms with Gasteiger partial charge >= 0.3 is 0 Å². The molecule has 1 heterocycles. The van der Waals surface area contributed by atoms with Crippen LogP contribution < -0.4 is 4.74 Å². The molecule has 148 valence electrons. The number of allylic oxidation sites excluding steroid dienone is 1. The molecule has 0 aliphatic carbocycles.